The summed E-state index contributed by atoms with van der Waals surface area (Å²) in [5.41, 5.74) is 2.43. The molecule has 0 aliphatic heterocycles. The Bertz CT molecular complexity index is 496. The molecule has 90 valence electrons. The number of nitrogens with one attached hydrogen (secondary N) is 1. The molecule has 1 unspecified atom stereocenters. The van der Waals surface area contributed by atoms with E-state index in [1.54, 1.807) is 24.6 Å². The predicted molar refractivity (Wildman–Crippen MR) is 70.7 cm³/mol. The first-order chi connectivity index (χ1) is 8.26. The lowest BCUT2D eigenvalue weighted by Crippen LogP contribution is -2.17. The van der Waals surface area contributed by atoms with Crippen LogP contribution in [0.5, 0.6) is 5.75 Å². The quantitative estimate of drug-likeness (QED) is 0.903. The smallest absolute Gasteiger partial charge is 0.137 e. The highest BCUT2D eigenvalue weighted by molar-refractivity contribution is 7.10. The van der Waals surface area contributed by atoms with Crippen molar-refractivity contribution in [2.24, 2.45) is 0 Å². The molecule has 17 heavy (non-hydrogen) atoms. The molecular weight excluding hydrogens is 232 g/mol. The molecule has 0 saturated heterocycles. The van der Waals surface area contributed by atoms with Crippen molar-refractivity contribution in [3.8, 4) is 5.75 Å². The molecular formula is C13H16N2OS. The number of nitrogens with zero attached hydrogens (tertiary/aromatic N) is 1. The van der Waals surface area contributed by atoms with E-state index in [-0.39, 0.29) is 6.04 Å². The van der Waals surface area contributed by atoms with Gasteiger partial charge in [-0.2, -0.15) is 0 Å². The first-order valence-corrected chi connectivity index (χ1v) is 6.34. The molecule has 0 aliphatic carbocycles. The second kappa shape index (κ2) is 5.29. The predicted octanol–water partition coefficient (Wildman–Crippen LogP) is 2.77. The van der Waals surface area contributed by atoms with Gasteiger partial charge in [0.15, 0.2) is 0 Å². The van der Waals surface area contributed by atoms with Crippen LogP contribution in [0, 0.1) is 6.92 Å². The summed E-state index contributed by atoms with van der Waals surface area (Å²) in [6.07, 6.45) is 3.60. The maximum absolute atomic E-state index is 5.21. The maximum atomic E-state index is 5.21. The zero-order chi connectivity index (χ0) is 12.3. The molecule has 2 heterocycles. The number of hydrogen-bond donors (Lipinski definition) is 1. The van der Waals surface area contributed by atoms with Gasteiger partial charge in [0.1, 0.15) is 5.75 Å². The Morgan fingerprint density at radius 2 is 2.24 bits per heavy atom. The van der Waals surface area contributed by atoms with E-state index >= 15 is 0 Å². The molecule has 0 fully saturated rings. The van der Waals surface area contributed by atoms with Gasteiger partial charge in [-0.15, -0.1) is 11.3 Å². The minimum absolute atomic E-state index is 0.178. The summed E-state index contributed by atoms with van der Waals surface area (Å²) < 4.78 is 5.21. The second-order valence-corrected chi connectivity index (χ2v) is 4.80. The molecule has 0 bridgehead atoms. The van der Waals surface area contributed by atoms with Crippen molar-refractivity contribution in [3.05, 3.63) is 45.9 Å². The Morgan fingerprint density at radius 1 is 1.41 bits per heavy atom. The average Bonchev–Trinajstić information content (AvgIpc) is 2.77. The largest absolute Gasteiger partial charge is 0.495 e. The lowest BCUT2D eigenvalue weighted by atomic mass is 10.1. The van der Waals surface area contributed by atoms with E-state index in [1.165, 1.54) is 10.4 Å². The number of hydrogen-bond acceptors (Lipinski definition) is 4. The van der Waals surface area contributed by atoms with Crippen LogP contribution in [0.4, 0.5) is 0 Å². The minimum Gasteiger partial charge on any atom is -0.495 e. The third-order valence-electron chi connectivity index (χ3n) is 2.76. The Hall–Kier alpha value is -1.39. The average molecular weight is 248 g/mol. The third kappa shape index (κ3) is 2.48. The van der Waals surface area contributed by atoms with Gasteiger partial charge in [0.05, 0.1) is 19.3 Å². The molecule has 4 heteroatoms. The van der Waals surface area contributed by atoms with Gasteiger partial charge in [0.25, 0.3) is 0 Å². The highest BCUT2D eigenvalue weighted by Crippen LogP contribution is 2.30. The van der Waals surface area contributed by atoms with Crippen LogP contribution in [0.2, 0.25) is 0 Å². The number of pyridine rings is 1. The van der Waals surface area contributed by atoms with Crippen molar-refractivity contribution in [1.82, 2.24) is 10.3 Å². The Morgan fingerprint density at radius 3 is 2.82 bits per heavy atom. The first kappa shape index (κ1) is 12.1. The Balaban J connectivity index is 2.38. The van der Waals surface area contributed by atoms with Crippen LogP contribution in [0.3, 0.4) is 0 Å². The number of methoxy groups -OCH3 is 1. The summed E-state index contributed by atoms with van der Waals surface area (Å²) in [5, 5.41) is 5.44. The van der Waals surface area contributed by atoms with Crippen LogP contribution in [0.15, 0.2) is 29.9 Å². The van der Waals surface area contributed by atoms with E-state index in [0.717, 1.165) is 11.3 Å². The van der Waals surface area contributed by atoms with Gasteiger partial charge in [-0.05, 0) is 42.6 Å². The fourth-order valence-electron chi connectivity index (χ4n) is 1.83. The van der Waals surface area contributed by atoms with Crippen LogP contribution in [-0.2, 0) is 0 Å². The molecule has 3 nitrogen and oxygen atoms in total. The number of rotatable bonds is 4. The molecule has 0 amide bonds. The highest BCUT2D eigenvalue weighted by atomic mass is 32.1. The highest BCUT2D eigenvalue weighted by Gasteiger charge is 2.16. The molecule has 2 aromatic rings. The fraction of sp³-hybridized carbons (Fsp3) is 0.308. The van der Waals surface area contributed by atoms with E-state index in [9.17, 15) is 0 Å². The zero-order valence-corrected chi connectivity index (χ0v) is 11.0. The van der Waals surface area contributed by atoms with Gasteiger partial charge in [0, 0.05) is 11.1 Å². The van der Waals surface area contributed by atoms with Gasteiger partial charge in [-0.25, -0.2) is 0 Å². The number of aromatic nitrogens is 1. The van der Waals surface area contributed by atoms with Crippen molar-refractivity contribution in [2.75, 3.05) is 14.2 Å². The Labute approximate surface area is 105 Å². The van der Waals surface area contributed by atoms with Gasteiger partial charge in [-0.1, -0.05) is 0 Å². The molecule has 1 atom stereocenters. The zero-order valence-electron chi connectivity index (χ0n) is 10.2. The summed E-state index contributed by atoms with van der Waals surface area (Å²) >= 11 is 1.76. The summed E-state index contributed by atoms with van der Waals surface area (Å²) in [5.74, 6) is 0.789. The normalized spacial score (nSPS) is 12.4. The van der Waals surface area contributed by atoms with E-state index in [0.29, 0.717) is 0 Å². The van der Waals surface area contributed by atoms with E-state index < -0.39 is 0 Å². The van der Waals surface area contributed by atoms with Crippen molar-refractivity contribution < 1.29 is 4.74 Å². The lowest BCUT2D eigenvalue weighted by molar-refractivity contribution is 0.411. The van der Waals surface area contributed by atoms with Gasteiger partial charge in [0.2, 0.25) is 0 Å². The molecule has 0 aromatic carbocycles. The SMILES string of the molecule is CNC(c1cncc(OC)c1)c1sccc1C. The van der Waals surface area contributed by atoms with Crippen molar-refractivity contribution in [3.63, 3.8) is 0 Å². The monoisotopic (exact) mass is 248 g/mol. The summed E-state index contributed by atoms with van der Waals surface area (Å²) in [4.78, 5) is 5.53. The number of aryl methyl sites for hydroxylation is 1. The minimum atomic E-state index is 0.178. The standard InChI is InChI=1S/C13H16N2OS/c1-9-4-5-17-13(9)12(14-2)10-6-11(16-3)8-15-7-10/h4-8,12,14H,1-3H3. The van der Waals surface area contributed by atoms with Crippen molar-refractivity contribution >= 4 is 11.3 Å². The van der Waals surface area contributed by atoms with Gasteiger partial charge in [-0.3, -0.25) is 4.98 Å². The van der Waals surface area contributed by atoms with Crippen molar-refractivity contribution in [2.45, 2.75) is 13.0 Å². The molecule has 0 saturated carbocycles. The van der Waals surface area contributed by atoms with E-state index in [2.05, 4.69) is 28.7 Å². The first-order valence-electron chi connectivity index (χ1n) is 5.46. The summed E-state index contributed by atoms with van der Waals surface area (Å²) in [6, 6.07) is 4.34. The second-order valence-electron chi connectivity index (χ2n) is 3.85. The van der Waals surface area contributed by atoms with Crippen LogP contribution in [0.25, 0.3) is 0 Å². The van der Waals surface area contributed by atoms with Crippen molar-refractivity contribution in [1.29, 1.82) is 0 Å². The summed E-state index contributed by atoms with van der Waals surface area (Å²) in [6.45, 7) is 2.13. The Kier molecular flexibility index (Phi) is 3.76. The lowest BCUT2D eigenvalue weighted by Gasteiger charge is -2.16. The summed E-state index contributed by atoms with van der Waals surface area (Å²) in [7, 11) is 3.62. The maximum Gasteiger partial charge on any atom is 0.137 e. The van der Waals surface area contributed by atoms with Gasteiger partial charge >= 0.3 is 0 Å². The molecule has 0 radical (unpaired) electrons. The number of ether oxygens (including phenoxy) is 1. The fourth-order valence-corrected chi connectivity index (χ4v) is 2.90. The van der Waals surface area contributed by atoms with Crippen LogP contribution in [-0.4, -0.2) is 19.1 Å². The molecule has 0 spiro atoms. The van der Waals surface area contributed by atoms with Crippen LogP contribution < -0.4 is 10.1 Å². The molecule has 2 rings (SSSR count). The molecule has 0 aliphatic rings. The van der Waals surface area contributed by atoms with Crippen LogP contribution in [0.1, 0.15) is 22.0 Å². The molecule has 1 N–H and O–H groups in total. The van der Waals surface area contributed by atoms with E-state index in [4.69, 9.17) is 4.74 Å². The van der Waals surface area contributed by atoms with E-state index in [1.807, 2.05) is 19.3 Å². The number of thiophene rings is 1. The molecule has 2 aromatic heterocycles. The third-order valence-corrected chi connectivity index (χ3v) is 3.84. The topological polar surface area (TPSA) is 34.2 Å². The van der Waals surface area contributed by atoms with Crippen LogP contribution >= 0.6 is 11.3 Å². The van der Waals surface area contributed by atoms with Gasteiger partial charge < -0.3 is 10.1 Å².